The molecule has 0 aromatic carbocycles. The molecule has 0 saturated carbocycles. The van der Waals surface area contributed by atoms with E-state index in [1.54, 1.807) is 0 Å². The van der Waals surface area contributed by atoms with E-state index >= 15 is 0 Å². The molecule has 0 spiro atoms. The Bertz CT molecular complexity index is 589. The van der Waals surface area contributed by atoms with Crippen molar-refractivity contribution in [1.29, 1.82) is 0 Å². The van der Waals surface area contributed by atoms with Crippen molar-refractivity contribution < 1.29 is 48.7 Å². The van der Waals surface area contributed by atoms with Crippen molar-refractivity contribution in [1.82, 2.24) is 0 Å². The molecule has 176 valence electrons. The van der Waals surface area contributed by atoms with Crippen LogP contribution in [0, 0.1) is 5.92 Å². The number of ether oxygens (including phenoxy) is 4. The van der Waals surface area contributed by atoms with Crippen LogP contribution in [0.5, 0.6) is 0 Å². The van der Waals surface area contributed by atoms with Crippen molar-refractivity contribution in [2.75, 3.05) is 33.0 Å². The number of esters is 3. The minimum absolute atomic E-state index is 0.109. The van der Waals surface area contributed by atoms with Crippen LogP contribution in [0.4, 0.5) is 0 Å². The Morgan fingerprint density at radius 3 is 1.58 bits per heavy atom. The highest BCUT2D eigenvalue weighted by molar-refractivity contribution is 5.81. The average molecular weight is 444 g/mol. The van der Waals surface area contributed by atoms with Gasteiger partial charge in [0.1, 0.15) is 25.9 Å². The highest BCUT2D eigenvalue weighted by atomic mass is 16.6. The third-order valence-corrected chi connectivity index (χ3v) is 3.93. The Balaban J connectivity index is 4.56. The first kappa shape index (κ1) is 28.5. The molecular formula is C21H32O10. The van der Waals surface area contributed by atoms with Gasteiger partial charge in [0.2, 0.25) is 0 Å². The van der Waals surface area contributed by atoms with Crippen LogP contribution in [-0.4, -0.2) is 84.6 Å². The van der Waals surface area contributed by atoms with Gasteiger partial charge in [-0.05, 0) is 25.2 Å². The van der Waals surface area contributed by atoms with Gasteiger partial charge in [0, 0.05) is 24.8 Å². The second kappa shape index (κ2) is 17.2. The van der Waals surface area contributed by atoms with Crippen LogP contribution in [0.2, 0.25) is 0 Å². The molecule has 0 aromatic heterocycles. The van der Waals surface area contributed by atoms with Gasteiger partial charge in [-0.25, -0.2) is 14.4 Å². The first-order valence-corrected chi connectivity index (χ1v) is 9.71. The highest BCUT2D eigenvalue weighted by Crippen LogP contribution is 2.17. The molecule has 0 aliphatic rings. The van der Waals surface area contributed by atoms with Crippen molar-refractivity contribution in [3.05, 3.63) is 38.0 Å². The van der Waals surface area contributed by atoms with Crippen molar-refractivity contribution in [3.63, 3.8) is 0 Å². The molecule has 3 N–H and O–H groups in total. The fourth-order valence-electron chi connectivity index (χ4n) is 2.36. The van der Waals surface area contributed by atoms with Gasteiger partial charge in [0.15, 0.2) is 0 Å². The molecule has 4 atom stereocenters. The number of hydrogen-bond donors (Lipinski definition) is 3. The summed E-state index contributed by atoms with van der Waals surface area (Å²) in [5.41, 5.74) is 0. The number of rotatable bonds is 18. The third-order valence-electron chi connectivity index (χ3n) is 3.93. The molecule has 31 heavy (non-hydrogen) atoms. The Hall–Kier alpha value is -2.53. The first-order chi connectivity index (χ1) is 14.7. The maximum Gasteiger partial charge on any atom is 0.330 e. The summed E-state index contributed by atoms with van der Waals surface area (Å²) in [6.45, 7) is 9.06. The largest absolute Gasteiger partial charge is 0.460 e. The number of hydrogen-bond acceptors (Lipinski definition) is 10. The van der Waals surface area contributed by atoms with Crippen molar-refractivity contribution >= 4 is 17.9 Å². The quantitative estimate of drug-likeness (QED) is 0.150. The fourth-order valence-corrected chi connectivity index (χ4v) is 2.36. The summed E-state index contributed by atoms with van der Waals surface area (Å²) in [6, 6.07) is 0. The Morgan fingerprint density at radius 1 is 0.645 bits per heavy atom. The zero-order valence-electron chi connectivity index (χ0n) is 17.5. The van der Waals surface area contributed by atoms with E-state index in [1.165, 1.54) is 0 Å². The molecule has 0 aliphatic heterocycles. The van der Waals surface area contributed by atoms with Crippen LogP contribution in [-0.2, 0) is 33.3 Å². The topological polar surface area (TPSA) is 149 Å². The summed E-state index contributed by atoms with van der Waals surface area (Å²) >= 11 is 0. The van der Waals surface area contributed by atoms with Gasteiger partial charge in [-0.15, -0.1) is 0 Å². The lowest BCUT2D eigenvalue weighted by molar-refractivity contribution is -0.142. The maximum absolute atomic E-state index is 11.1. The molecule has 0 aliphatic carbocycles. The lowest BCUT2D eigenvalue weighted by Crippen LogP contribution is -2.28. The summed E-state index contributed by atoms with van der Waals surface area (Å²) in [4.78, 5) is 33.2. The van der Waals surface area contributed by atoms with Crippen LogP contribution >= 0.6 is 0 Å². The highest BCUT2D eigenvalue weighted by Gasteiger charge is 2.19. The van der Waals surface area contributed by atoms with Gasteiger partial charge in [0.25, 0.3) is 0 Å². The van der Waals surface area contributed by atoms with Crippen LogP contribution in [0.25, 0.3) is 0 Å². The lowest BCUT2D eigenvalue weighted by Gasteiger charge is -2.22. The minimum Gasteiger partial charge on any atom is -0.460 e. The SMILES string of the molecule is C=CC(=O)OCC(O)CCC(COCC(O)COC(=O)C=C)CC(O)COC(=O)C=C. The van der Waals surface area contributed by atoms with Gasteiger partial charge in [-0.3, -0.25) is 0 Å². The molecule has 0 amide bonds. The summed E-state index contributed by atoms with van der Waals surface area (Å²) < 4.78 is 19.7. The third kappa shape index (κ3) is 15.9. The van der Waals surface area contributed by atoms with Gasteiger partial charge in [-0.1, -0.05) is 19.7 Å². The lowest BCUT2D eigenvalue weighted by atomic mass is 9.95. The Labute approximate surface area is 181 Å². The molecule has 0 radical (unpaired) electrons. The molecule has 0 bridgehead atoms. The van der Waals surface area contributed by atoms with Crippen molar-refractivity contribution in [3.8, 4) is 0 Å². The Morgan fingerprint density at radius 2 is 1.10 bits per heavy atom. The molecule has 10 heteroatoms. The van der Waals surface area contributed by atoms with E-state index in [1.807, 2.05) is 0 Å². The van der Waals surface area contributed by atoms with E-state index in [2.05, 4.69) is 19.7 Å². The van der Waals surface area contributed by atoms with Gasteiger partial charge in [-0.2, -0.15) is 0 Å². The van der Waals surface area contributed by atoms with Crippen LogP contribution < -0.4 is 0 Å². The minimum atomic E-state index is -1.05. The predicted octanol–water partition coefficient (Wildman–Crippen LogP) is 0.0598. The van der Waals surface area contributed by atoms with Gasteiger partial charge >= 0.3 is 17.9 Å². The number of aliphatic hydroxyl groups excluding tert-OH is 3. The smallest absolute Gasteiger partial charge is 0.330 e. The van der Waals surface area contributed by atoms with E-state index in [0.29, 0.717) is 6.42 Å². The van der Waals surface area contributed by atoms with Crippen LogP contribution in [0.15, 0.2) is 38.0 Å². The van der Waals surface area contributed by atoms with Gasteiger partial charge < -0.3 is 34.3 Å². The van der Waals surface area contributed by atoms with Gasteiger partial charge in [0.05, 0.1) is 18.8 Å². The average Bonchev–Trinajstić information content (AvgIpc) is 2.77. The molecular weight excluding hydrogens is 412 g/mol. The molecule has 0 aromatic rings. The summed E-state index contributed by atoms with van der Waals surface area (Å²) in [5, 5.41) is 29.8. The van der Waals surface area contributed by atoms with Crippen molar-refractivity contribution in [2.24, 2.45) is 5.92 Å². The van der Waals surface area contributed by atoms with E-state index in [0.717, 1.165) is 18.2 Å². The summed E-state index contributed by atoms with van der Waals surface area (Å²) in [5.74, 6) is -2.25. The molecule has 10 nitrogen and oxygen atoms in total. The maximum atomic E-state index is 11.1. The fraction of sp³-hybridized carbons (Fsp3) is 0.571. The van der Waals surface area contributed by atoms with Crippen LogP contribution in [0.3, 0.4) is 0 Å². The van der Waals surface area contributed by atoms with Crippen LogP contribution in [0.1, 0.15) is 19.3 Å². The number of aliphatic hydroxyl groups is 3. The van der Waals surface area contributed by atoms with E-state index in [4.69, 9.17) is 18.9 Å². The second-order valence-corrected chi connectivity index (χ2v) is 6.68. The zero-order valence-corrected chi connectivity index (χ0v) is 17.5. The number of carbonyl (C=O) groups excluding carboxylic acids is 3. The molecule has 0 saturated heterocycles. The normalized spacial score (nSPS) is 14.4. The molecule has 0 rings (SSSR count). The molecule has 4 unspecified atom stereocenters. The first-order valence-electron chi connectivity index (χ1n) is 9.71. The van der Waals surface area contributed by atoms with E-state index in [9.17, 15) is 29.7 Å². The monoisotopic (exact) mass is 444 g/mol. The summed E-state index contributed by atoms with van der Waals surface area (Å²) in [6.07, 6.45) is 0.811. The van der Waals surface area contributed by atoms with E-state index in [-0.39, 0.29) is 51.8 Å². The predicted molar refractivity (Wildman–Crippen MR) is 110 cm³/mol. The standard InChI is InChI=1S/C21H32O10/c1-4-19(25)29-12-16(22)8-7-15(9-17(23)13-30-20(26)5-2)10-28-11-18(24)14-31-21(27)6-3/h4-6,15-18,22-24H,1-3,7-14H2. The summed E-state index contributed by atoms with van der Waals surface area (Å²) in [7, 11) is 0. The number of carbonyl (C=O) groups is 3. The van der Waals surface area contributed by atoms with Crippen molar-refractivity contribution in [2.45, 2.75) is 37.6 Å². The Kier molecular flexibility index (Phi) is 15.8. The molecule has 0 fully saturated rings. The zero-order chi connectivity index (χ0) is 23.6. The molecule has 0 heterocycles. The van der Waals surface area contributed by atoms with E-state index < -0.39 is 36.2 Å². The second-order valence-electron chi connectivity index (χ2n) is 6.68.